The molecule has 1 aromatic heterocycles. The lowest BCUT2D eigenvalue weighted by Crippen LogP contribution is -2.46. The highest BCUT2D eigenvalue weighted by atomic mass is 31.2. The highest BCUT2D eigenvalue weighted by molar-refractivity contribution is 7.44. The molecule has 3 heterocycles. The van der Waals surface area contributed by atoms with Gasteiger partial charge in [0.15, 0.2) is 6.23 Å². The van der Waals surface area contributed by atoms with Crippen LogP contribution in [0.15, 0.2) is 47.4 Å². The van der Waals surface area contributed by atoms with Crippen LogP contribution in [0.25, 0.3) is 0 Å². The second kappa shape index (κ2) is 16.5. The summed E-state index contributed by atoms with van der Waals surface area (Å²) in [6.07, 6.45) is -0.839. The van der Waals surface area contributed by atoms with Crippen LogP contribution < -0.4 is 11.0 Å². The number of rotatable bonds is 14. The van der Waals surface area contributed by atoms with Gasteiger partial charge in [0, 0.05) is 50.6 Å². The number of nitriles is 1. The fourth-order valence-electron chi connectivity index (χ4n) is 5.35. The predicted octanol–water partition coefficient (Wildman–Crippen LogP) is 3.40. The molecular formula is C30H43N6O7P. The van der Waals surface area contributed by atoms with Gasteiger partial charge in [-0.25, -0.2) is 9.46 Å². The van der Waals surface area contributed by atoms with Gasteiger partial charge < -0.3 is 28.6 Å². The molecule has 240 valence electrons. The van der Waals surface area contributed by atoms with Crippen LogP contribution >= 0.6 is 8.53 Å². The maximum absolute atomic E-state index is 13.3. The molecule has 2 aliphatic heterocycles. The number of methoxy groups -OCH3 is 1. The van der Waals surface area contributed by atoms with Gasteiger partial charge >= 0.3 is 5.69 Å². The van der Waals surface area contributed by atoms with Crippen molar-refractivity contribution < 1.29 is 28.1 Å². The summed E-state index contributed by atoms with van der Waals surface area (Å²) in [5.74, 6) is -0.241. The Kier molecular flexibility index (Phi) is 12.8. The van der Waals surface area contributed by atoms with E-state index in [9.17, 15) is 9.59 Å². The number of anilines is 1. The standard InChI is InChI=1S/C30H43N6O7P/c1-21(2)36(22(3)4)44(41-17-9-13-31)43-26-24(20-34-15-18-40-19-16-34)42-29(27(26)39-5)35-14-12-25(33-30(35)38)32-28(37)23-10-7-6-8-11-23/h6-8,10-12,14,21-22,24,26-27,29H,9,15-20H2,1-5H3,(H,32,33,37,38). The number of nitrogens with zero attached hydrogens (tertiary/aromatic N) is 5. The van der Waals surface area contributed by atoms with Crippen LogP contribution in [-0.4, -0.2) is 102 Å². The monoisotopic (exact) mass is 630 g/mol. The topological polar surface area (TPSA) is 140 Å². The molecule has 2 fully saturated rings. The summed E-state index contributed by atoms with van der Waals surface area (Å²) in [5, 5.41) is 11.8. The molecule has 44 heavy (non-hydrogen) atoms. The number of morpholine rings is 1. The van der Waals surface area contributed by atoms with Gasteiger partial charge in [-0.1, -0.05) is 18.2 Å². The van der Waals surface area contributed by atoms with Crippen LogP contribution in [-0.2, 0) is 23.3 Å². The van der Waals surface area contributed by atoms with Crippen molar-refractivity contribution in [3.05, 3.63) is 58.6 Å². The molecule has 2 aromatic rings. The summed E-state index contributed by atoms with van der Waals surface area (Å²) < 4.78 is 34.6. The summed E-state index contributed by atoms with van der Waals surface area (Å²) >= 11 is 0. The number of hydrogen-bond acceptors (Lipinski definition) is 11. The third-order valence-electron chi connectivity index (χ3n) is 7.36. The summed E-state index contributed by atoms with van der Waals surface area (Å²) in [4.78, 5) is 32.3. The van der Waals surface area contributed by atoms with E-state index in [1.54, 1.807) is 43.6 Å². The third-order valence-corrected chi connectivity index (χ3v) is 9.48. The molecule has 2 saturated heterocycles. The van der Waals surface area contributed by atoms with Crippen molar-refractivity contribution in [3.63, 3.8) is 0 Å². The summed E-state index contributed by atoms with van der Waals surface area (Å²) in [5.41, 5.74) is -0.152. The number of hydrogen-bond donors (Lipinski definition) is 1. The Balaban J connectivity index is 1.61. The number of amides is 1. The molecule has 0 bridgehead atoms. The Bertz CT molecular complexity index is 1290. The molecule has 0 saturated carbocycles. The average Bonchev–Trinajstić information content (AvgIpc) is 3.33. The molecule has 1 N–H and O–H groups in total. The second-order valence-corrected chi connectivity index (χ2v) is 12.5. The zero-order chi connectivity index (χ0) is 31.6. The SMILES string of the molecule is COC1C(OP(OCCC#N)N(C(C)C)C(C)C)C(CN2CCOCC2)OC1n1ccc(NC(=O)c2ccccc2)nc1=O. The molecular weight excluding hydrogens is 587 g/mol. The molecule has 0 spiro atoms. The van der Waals surface area contributed by atoms with Crippen molar-refractivity contribution in [2.75, 3.05) is 51.9 Å². The van der Waals surface area contributed by atoms with E-state index in [2.05, 4.69) is 53.6 Å². The van der Waals surface area contributed by atoms with E-state index in [1.807, 2.05) is 6.07 Å². The minimum atomic E-state index is -1.61. The summed E-state index contributed by atoms with van der Waals surface area (Å²) in [6.45, 7) is 11.8. The minimum Gasteiger partial charge on any atom is -0.379 e. The van der Waals surface area contributed by atoms with E-state index >= 15 is 0 Å². The Morgan fingerprint density at radius 2 is 1.86 bits per heavy atom. The fourth-order valence-corrected chi connectivity index (χ4v) is 7.12. The minimum absolute atomic E-state index is 0.102. The number of ether oxygens (including phenoxy) is 3. The number of benzene rings is 1. The number of nitrogens with one attached hydrogen (secondary N) is 1. The first-order valence-electron chi connectivity index (χ1n) is 14.9. The maximum Gasteiger partial charge on any atom is 0.351 e. The first-order valence-corrected chi connectivity index (χ1v) is 16.1. The van der Waals surface area contributed by atoms with Gasteiger partial charge in [-0.05, 0) is 45.9 Å². The van der Waals surface area contributed by atoms with E-state index in [-0.39, 0.29) is 36.8 Å². The van der Waals surface area contributed by atoms with Crippen molar-refractivity contribution in [1.82, 2.24) is 19.1 Å². The first-order chi connectivity index (χ1) is 21.2. The molecule has 14 heteroatoms. The highest BCUT2D eigenvalue weighted by Gasteiger charge is 2.50. The van der Waals surface area contributed by atoms with Crippen LogP contribution in [0.4, 0.5) is 5.82 Å². The molecule has 5 atom stereocenters. The smallest absolute Gasteiger partial charge is 0.351 e. The third kappa shape index (κ3) is 8.68. The van der Waals surface area contributed by atoms with Crippen LogP contribution in [0.3, 0.4) is 0 Å². The number of aromatic nitrogens is 2. The lowest BCUT2D eigenvalue weighted by Gasteiger charge is -2.38. The fraction of sp³-hybridized carbons (Fsp3) is 0.600. The molecule has 1 aromatic carbocycles. The van der Waals surface area contributed by atoms with Crippen LogP contribution in [0.5, 0.6) is 0 Å². The molecule has 0 radical (unpaired) electrons. The van der Waals surface area contributed by atoms with Crippen LogP contribution in [0.1, 0.15) is 50.7 Å². The summed E-state index contributed by atoms with van der Waals surface area (Å²) in [6, 6.07) is 12.6. The normalized spacial score (nSPS) is 23.2. The van der Waals surface area contributed by atoms with Crippen molar-refractivity contribution in [3.8, 4) is 6.07 Å². The van der Waals surface area contributed by atoms with Gasteiger partial charge in [0.05, 0.1) is 32.3 Å². The largest absolute Gasteiger partial charge is 0.379 e. The van der Waals surface area contributed by atoms with Crippen molar-refractivity contribution in [2.24, 2.45) is 0 Å². The Morgan fingerprint density at radius 3 is 2.48 bits per heavy atom. The van der Waals surface area contributed by atoms with E-state index in [0.29, 0.717) is 25.3 Å². The van der Waals surface area contributed by atoms with E-state index in [4.69, 9.17) is 28.5 Å². The number of carbonyl (C=O) groups is 1. The van der Waals surface area contributed by atoms with E-state index < -0.39 is 38.8 Å². The van der Waals surface area contributed by atoms with Gasteiger partial charge in [-0.15, -0.1) is 0 Å². The average molecular weight is 631 g/mol. The van der Waals surface area contributed by atoms with Gasteiger partial charge in [-0.3, -0.25) is 14.3 Å². The van der Waals surface area contributed by atoms with Gasteiger partial charge in [-0.2, -0.15) is 10.2 Å². The molecule has 0 aliphatic carbocycles. The van der Waals surface area contributed by atoms with Crippen molar-refractivity contribution in [2.45, 2.75) is 70.7 Å². The Morgan fingerprint density at radius 1 is 1.16 bits per heavy atom. The lowest BCUT2D eigenvalue weighted by molar-refractivity contribution is -0.0640. The molecule has 5 unspecified atom stereocenters. The molecule has 13 nitrogen and oxygen atoms in total. The number of carbonyl (C=O) groups excluding carboxylic acids is 1. The van der Waals surface area contributed by atoms with Crippen LogP contribution in [0.2, 0.25) is 0 Å². The van der Waals surface area contributed by atoms with E-state index in [1.165, 1.54) is 4.57 Å². The Hall–Kier alpha value is -2.79. The zero-order valence-corrected chi connectivity index (χ0v) is 26.9. The van der Waals surface area contributed by atoms with Gasteiger partial charge in [0.1, 0.15) is 24.1 Å². The lowest BCUT2D eigenvalue weighted by atomic mass is 10.1. The predicted molar refractivity (Wildman–Crippen MR) is 165 cm³/mol. The van der Waals surface area contributed by atoms with Crippen molar-refractivity contribution in [1.29, 1.82) is 5.26 Å². The van der Waals surface area contributed by atoms with Crippen LogP contribution in [0, 0.1) is 11.3 Å². The Labute approximate surface area is 260 Å². The quantitative estimate of drug-likeness (QED) is 0.243. The highest BCUT2D eigenvalue weighted by Crippen LogP contribution is 2.50. The van der Waals surface area contributed by atoms with Gasteiger partial charge in [0.2, 0.25) is 0 Å². The van der Waals surface area contributed by atoms with E-state index in [0.717, 1.165) is 13.1 Å². The first kappa shape index (κ1) is 34.1. The second-order valence-electron chi connectivity index (χ2n) is 11.1. The van der Waals surface area contributed by atoms with Crippen molar-refractivity contribution >= 4 is 20.3 Å². The molecule has 1 amide bonds. The molecule has 4 rings (SSSR count). The summed E-state index contributed by atoms with van der Waals surface area (Å²) in [7, 11) is -0.0538. The molecule has 2 aliphatic rings. The zero-order valence-electron chi connectivity index (χ0n) is 26.0. The maximum atomic E-state index is 13.3. The van der Waals surface area contributed by atoms with Gasteiger partial charge in [0.25, 0.3) is 14.4 Å².